The minimum Gasteiger partial charge on any atom is -0.298 e. The summed E-state index contributed by atoms with van der Waals surface area (Å²) in [4.78, 5) is 10.0. The Morgan fingerprint density at radius 2 is 1.17 bits per heavy atom. The van der Waals surface area contributed by atoms with Crippen molar-refractivity contribution in [3.05, 3.63) is 84.4 Å². The second-order valence-corrected chi connectivity index (χ2v) is 3.68. The zero-order valence-electron chi connectivity index (χ0n) is 11.1. The molecule has 0 saturated carbocycles. The Morgan fingerprint density at radius 3 is 1.44 bits per heavy atom. The lowest BCUT2D eigenvalue weighted by atomic mass is 10.2. The normalized spacial score (nSPS) is 8.11. The minimum absolute atomic E-state index is 0.729. The number of aryl methyl sites for hydroxylation is 2. The largest absolute Gasteiger partial charge is 0.298 e. The molecule has 94 valence electrons. The molecule has 0 atom stereocenters. The molecular weight excluding hydrogens is 220 g/mol. The molecule has 0 heterocycles. The number of carbonyl (C=O) groups excluding carboxylic acids is 1. The topological polar surface area (TPSA) is 17.1 Å². The van der Waals surface area contributed by atoms with Gasteiger partial charge in [0.25, 0.3) is 0 Å². The van der Waals surface area contributed by atoms with E-state index in [9.17, 15) is 4.79 Å². The number of hydrogen-bond acceptors (Lipinski definition) is 1. The van der Waals surface area contributed by atoms with E-state index in [0.29, 0.717) is 0 Å². The van der Waals surface area contributed by atoms with Crippen LogP contribution in [0.2, 0.25) is 0 Å². The monoisotopic (exact) mass is 240 g/mol. The van der Waals surface area contributed by atoms with E-state index in [1.165, 1.54) is 11.1 Å². The zero-order chi connectivity index (χ0) is 13.8. The first-order valence-corrected chi connectivity index (χ1v) is 5.76. The number of aldehydes is 1. The fourth-order valence-electron chi connectivity index (χ4n) is 1.17. The molecule has 0 fully saturated rings. The van der Waals surface area contributed by atoms with Gasteiger partial charge in [-0.2, -0.15) is 0 Å². The van der Waals surface area contributed by atoms with Crippen LogP contribution in [-0.4, -0.2) is 6.29 Å². The maximum Gasteiger partial charge on any atom is 0.150 e. The Hall–Kier alpha value is -2.15. The molecule has 18 heavy (non-hydrogen) atoms. The van der Waals surface area contributed by atoms with Gasteiger partial charge in [0.15, 0.2) is 0 Å². The third-order valence-electron chi connectivity index (χ3n) is 2.15. The van der Waals surface area contributed by atoms with Gasteiger partial charge in [-0.1, -0.05) is 65.7 Å². The van der Waals surface area contributed by atoms with Crippen LogP contribution in [0.3, 0.4) is 0 Å². The molecule has 1 nitrogen and oxygen atoms in total. The SMILES string of the molecule is C=C.Cc1ccc(C)cc1.O=Cc1ccccc1. The van der Waals surface area contributed by atoms with Crippen molar-refractivity contribution in [3.8, 4) is 0 Å². The summed E-state index contributed by atoms with van der Waals surface area (Å²) in [5, 5.41) is 0. The molecule has 0 aliphatic heterocycles. The van der Waals surface area contributed by atoms with Crippen LogP contribution in [0.4, 0.5) is 0 Å². The fraction of sp³-hybridized carbons (Fsp3) is 0.118. The Balaban J connectivity index is 0.000000283. The maximum absolute atomic E-state index is 10.0. The second kappa shape index (κ2) is 10.0. The van der Waals surface area contributed by atoms with Crippen LogP contribution in [0, 0.1) is 13.8 Å². The standard InChI is InChI=1S/C8H10.C7H6O.C2H4/c1-7-3-5-8(2)6-4-7;8-6-7-4-2-1-3-5-7;1-2/h3-6H,1-2H3;1-6H;1-2H2. The number of carbonyl (C=O) groups is 1. The van der Waals surface area contributed by atoms with Crippen LogP contribution in [0.15, 0.2) is 67.8 Å². The van der Waals surface area contributed by atoms with Crippen LogP contribution in [0.5, 0.6) is 0 Å². The van der Waals surface area contributed by atoms with Crippen LogP contribution in [0.1, 0.15) is 21.5 Å². The van der Waals surface area contributed by atoms with Crippen LogP contribution in [0.25, 0.3) is 0 Å². The summed E-state index contributed by atoms with van der Waals surface area (Å²) in [5.74, 6) is 0. The average Bonchev–Trinajstić information content (AvgIpc) is 2.46. The first-order chi connectivity index (χ1) is 8.72. The Kier molecular flexibility index (Phi) is 8.83. The second-order valence-electron chi connectivity index (χ2n) is 3.68. The molecule has 0 spiro atoms. The molecule has 1 heteroatoms. The number of rotatable bonds is 1. The predicted octanol–water partition coefficient (Wildman–Crippen LogP) is 4.60. The van der Waals surface area contributed by atoms with Crippen molar-refractivity contribution < 1.29 is 4.79 Å². The third-order valence-corrected chi connectivity index (χ3v) is 2.15. The highest BCUT2D eigenvalue weighted by atomic mass is 16.1. The lowest BCUT2D eigenvalue weighted by Crippen LogP contribution is -1.73. The van der Waals surface area contributed by atoms with Crippen LogP contribution < -0.4 is 0 Å². The summed E-state index contributed by atoms with van der Waals surface area (Å²) in [6.07, 6.45) is 0.833. The molecule has 0 radical (unpaired) electrons. The van der Waals surface area contributed by atoms with E-state index in [4.69, 9.17) is 0 Å². The van der Waals surface area contributed by atoms with Gasteiger partial charge in [-0.05, 0) is 13.8 Å². The minimum atomic E-state index is 0.729. The van der Waals surface area contributed by atoms with Crippen LogP contribution in [-0.2, 0) is 0 Å². The van der Waals surface area contributed by atoms with Gasteiger partial charge in [-0.3, -0.25) is 4.79 Å². The van der Waals surface area contributed by atoms with E-state index in [0.717, 1.165) is 11.8 Å². The van der Waals surface area contributed by atoms with Crippen molar-refractivity contribution in [3.63, 3.8) is 0 Å². The molecule has 0 bridgehead atoms. The summed E-state index contributed by atoms with van der Waals surface area (Å²) in [7, 11) is 0. The smallest absolute Gasteiger partial charge is 0.150 e. The average molecular weight is 240 g/mol. The van der Waals surface area contributed by atoms with Crippen molar-refractivity contribution in [2.45, 2.75) is 13.8 Å². The molecule has 0 unspecified atom stereocenters. The Bertz CT molecular complexity index is 408. The summed E-state index contributed by atoms with van der Waals surface area (Å²) in [5.41, 5.74) is 3.39. The summed E-state index contributed by atoms with van der Waals surface area (Å²) >= 11 is 0. The molecule has 0 aromatic heterocycles. The van der Waals surface area contributed by atoms with E-state index >= 15 is 0 Å². The molecule has 0 N–H and O–H groups in total. The van der Waals surface area contributed by atoms with Crippen molar-refractivity contribution in [1.29, 1.82) is 0 Å². The molecule has 2 aromatic rings. The highest BCUT2D eigenvalue weighted by Crippen LogP contribution is 1.99. The van der Waals surface area contributed by atoms with Crippen molar-refractivity contribution >= 4 is 6.29 Å². The van der Waals surface area contributed by atoms with Crippen molar-refractivity contribution in [2.24, 2.45) is 0 Å². The zero-order valence-corrected chi connectivity index (χ0v) is 11.1. The van der Waals surface area contributed by atoms with Crippen molar-refractivity contribution in [2.75, 3.05) is 0 Å². The van der Waals surface area contributed by atoms with Gasteiger partial charge in [0, 0.05) is 5.56 Å². The van der Waals surface area contributed by atoms with Gasteiger partial charge in [0.2, 0.25) is 0 Å². The fourth-order valence-corrected chi connectivity index (χ4v) is 1.17. The van der Waals surface area contributed by atoms with Gasteiger partial charge >= 0.3 is 0 Å². The third kappa shape index (κ3) is 7.18. The summed E-state index contributed by atoms with van der Waals surface area (Å²) < 4.78 is 0. The highest BCUT2D eigenvalue weighted by Gasteiger charge is 1.80. The van der Waals surface area contributed by atoms with Gasteiger partial charge in [0.05, 0.1) is 0 Å². The molecule has 0 aliphatic carbocycles. The van der Waals surface area contributed by atoms with Gasteiger partial charge < -0.3 is 0 Å². The maximum atomic E-state index is 10.0. The lowest BCUT2D eigenvalue weighted by molar-refractivity contribution is 0.112. The van der Waals surface area contributed by atoms with Crippen molar-refractivity contribution in [1.82, 2.24) is 0 Å². The Morgan fingerprint density at radius 1 is 0.778 bits per heavy atom. The number of hydrogen-bond donors (Lipinski definition) is 0. The van der Waals surface area contributed by atoms with E-state index in [1.54, 1.807) is 12.1 Å². The Labute approximate surface area is 110 Å². The van der Waals surface area contributed by atoms with Gasteiger partial charge in [-0.15, -0.1) is 13.2 Å². The molecule has 0 amide bonds. The van der Waals surface area contributed by atoms with E-state index in [2.05, 4.69) is 51.3 Å². The van der Waals surface area contributed by atoms with Gasteiger partial charge in [0.1, 0.15) is 6.29 Å². The molecular formula is C17H20O. The number of benzene rings is 2. The van der Waals surface area contributed by atoms with E-state index in [1.807, 2.05) is 18.2 Å². The highest BCUT2D eigenvalue weighted by molar-refractivity contribution is 5.74. The quantitative estimate of drug-likeness (QED) is 0.525. The summed E-state index contributed by atoms with van der Waals surface area (Å²) in [6, 6.07) is 17.6. The van der Waals surface area contributed by atoms with Crippen LogP contribution >= 0.6 is 0 Å². The first-order valence-electron chi connectivity index (χ1n) is 5.76. The summed E-state index contributed by atoms with van der Waals surface area (Å²) in [6.45, 7) is 10.2. The molecule has 2 aromatic carbocycles. The molecule has 0 aliphatic rings. The molecule has 0 saturated heterocycles. The van der Waals surface area contributed by atoms with E-state index in [-0.39, 0.29) is 0 Å². The first kappa shape index (κ1) is 15.9. The predicted molar refractivity (Wildman–Crippen MR) is 79.0 cm³/mol. The van der Waals surface area contributed by atoms with E-state index < -0.39 is 0 Å². The van der Waals surface area contributed by atoms with Gasteiger partial charge in [-0.25, -0.2) is 0 Å². The molecule has 2 rings (SSSR count). The lowest BCUT2D eigenvalue weighted by Gasteiger charge is -1.90.